The standard InChI is InChI=1S/C20H17N3O5S/c1-26-15-8-6-13(7-9-15)21-19-22-14(12-29-19)11-27-18(24)10-23-16-4-2-3-5-17(16)28-20(23)25/h2-9,12H,10-11H2,1H3,(H,21,22). The van der Waals surface area contributed by atoms with Crippen LogP contribution in [0.25, 0.3) is 11.1 Å². The molecule has 0 aliphatic heterocycles. The van der Waals surface area contributed by atoms with Crippen LogP contribution >= 0.6 is 11.3 Å². The van der Waals surface area contributed by atoms with E-state index >= 15 is 0 Å². The van der Waals surface area contributed by atoms with Gasteiger partial charge < -0.3 is 19.2 Å². The maximum Gasteiger partial charge on any atom is 0.420 e. The van der Waals surface area contributed by atoms with Gasteiger partial charge in [-0.05, 0) is 36.4 Å². The monoisotopic (exact) mass is 411 g/mol. The van der Waals surface area contributed by atoms with Gasteiger partial charge in [0, 0.05) is 11.1 Å². The van der Waals surface area contributed by atoms with E-state index in [9.17, 15) is 9.59 Å². The number of carbonyl (C=O) groups excluding carboxylic acids is 1. The average Bonchev–Trinajstić information content (AvgIpc) is 3.31. The summed E-state index contributed by atoms with van der Waals surface area (Å²) in [5.41, 5.74) is 2.46. The van der Waals surface area contributed by atoms with E-state index < -0.39 is 11.7 Å². The molecule has 0 radical (unpaired) electrons. The Hall–Kier alpha value is -3.59. The fourth-order valence-electron chi connectivity index (χ4n) is 2.72. The maximum absolute atomic E-state index is 12.2. The molecule has 1 N–H and O–H groups in total. The summed E-state index contributed by atoms with van der Waals surface area (Å²) in [4.78, 5) is 28.5. The van der Waals surface area contributed by atoms with Crippen molar-refractivity contribution in [3.8, 4) is 5.75 Å². The smallest absolute Gasteiger partial charge is 0.420 e. The molecule has 0 bridgehead atoms. The Morgan fingerprint density at radius 3 is 2.79 bits per heavy atom. The highest BCUT2D eigenvalue weighted by molar-refractivity contribution is 7.13. The van der Waals surface area contributed by atoms with E-state index in [4.69, 9.17) is 13.9 Å². The van der Waals surface area contributed by atoms with Crippen molar-refractivity contribution in [3.05, 3.63) is 70.2 Å². The highest BCUT2D eigenvalue weighted by Crippen LogP contribution is 2.23. The van der Waals surface area contributed by atoms with E-state index in [1.807, 2.05) is 24.3 Å². The minimum absolute atomic E-state index is 0.0180. The lowest BCUT2D eigenvalue weighted by Gasteiger charge is -2.04. The van der Waals surface area contributed by atoms with Crippen LogP contribution in [-0.4, -0.2) is 22.6 Å². The van der Waals surface area contributed by atoms with Gasteiger partial charge in [0.15, 0.2) is 10.7 Å². The van der Waals surface area contributed by atoms with Gasteiger partial charge in [-0.25, -0.2) is 9.78 Å². The molecule has 0 aliphatic rings. The zero-order valence-electron chi connectivity index (χ0n) is 15.5. The molecule has 9 heteroatoms. The molecule has 2 aromatic heterocycles. The van der Waals surface area contributed by atoms with Gasteiger partial charge in [0.05, 0.1) is 18.3 Å². The summed E-state index contributed by atoms with van der Waals surface area (Å²) >= 11 is 1.40. The van der Waals surface area contributed by atoms with Crippen molar-refractivity contribution < 1.29 is 18.7 Å². The van der Waals surface area contributed by atoms with Crippen molar-refractivity contribution in [2.45, 2.75) is 13.2 Å². The molecule has 148 valence electrons. The number of esters is 1. The van der Waals surface area contributed by atoms with Crippen LogP contribution < -0.4 is 15.8 Å². The third kappa shape index (κ3) is 4.30. The maximum atomic E-state index is 12.2. The Morgan fingerprint density at radius 1 is 1.21 bits per heavy atom. The zero-order chi connectivity index (χ0) is 20.2. The number of para-hydroxylation sites is 2. The normalized spacial score (nSPS) is 10.8. The first-order chi connectivity index (χ1) is 14.1. The van der Waals surface area contributed by atoms with Crippen LogP contribution in [-0.2, 0) is 22.7 Å². The molecule has 8 nitrogen and oxygen atoms in total. The Bertz CT molecular complexity index is 1190. The third-order valence-electron chi connectivity index (χ3n) is 4.13. The zero-order valence-corrected chi connectivity index (χ0v) is 16.3. The fraction of sp³-hybridized carbons (Fsp3) is 0.150. The highest BCUT2D eigenvalue weighted by atomic mass is 32.1. The van der Waals surface area contributed by atoms with Crippen molar-refractivity contribution in [1.82, 2.24) is 9.55 Å². The summed E-state index contributed by atoms with van der Waals surface area (Å²) < 4.78 is 16.7. The number of oxazole rings is 1. The Balaban J connectivity index is 1.35. The minimum Gasteiger partial charge on any atom is -0.497 e. The summed E-state index contributed by atoms with van der Waals surface area (Å²) in [7, 11) is 1.61. The predicted octanol–water partition coefficient (Wildman–Crippen LogP) is 3.55. The summed E-state index contributed by atoms with van der Waals surface area (Å²) in [5, 5.41) is 5.66. The summed E-state index contributed by atoms with van der Waals surface area (Å²) in [6, 6.07) is 14.4. The van der Waals surface area contributed by atoms with Crippen molar-refractivity contribution in [2.24, 2.45) is 0 Å². The van der Waals surface area contributed by atoms with E-state index in [0.717, 1.165) is 11.4 Å². The average molecular weight is 411 g/mol. The molecule has 0 atom stereocenters. The predicted molar refractivity (Wildman–Crippen MR) is 109 cm³/mol. The van der Waals surface area contributed by atoms with Gasteiger partial charge >= 0.3 is 11.7 Å². The summed E-state index contributed by atoms with van der Waals surface area (Å²) in [5.74, 6) is -0.370. The first-order valence-electron chi connectivity index (χ1n) is 8.72. The van der Waals surface area contributed by atoms with Crippen molar-refractivity contribution in [1.29, 1.82) is 0 Å². The van der Waals surface area contributed by atoms with E-state index in [1.165, 1.54) is 15.9 Å². The molecule has 0 spiro atoms. The van der Waals surface area contributed by atoms with Crippen LogP contribution in [0.15, 0.2) is 63.1 Å². The SMILES string of the molecule is COc1ccc(Nc2nc(COC(=O)Cn3c(=O)oc4ccccc43)cs2)cc1. The topological polar surface area (TPSA) is 95.6 Å². The Kier molecular flexibility index (Phi) is 5.30. The molecular formula is C20H17N3O5S. The molecule has 0 aliphatic carbocycles. The minimum atomic E-state index is -0.595. The van der Waals surface area contributed by atoms with E-state index in [0.29, 0.717) is 21.9 Å². The molecule has 29 heavy (non-hydrogen) atoms. The number of hydrogen-bond donors (Lipinski definition) is 1. The van der Waals surface area contributed by atoms with Gasteiger partial charge in [0.2, 0.25) is 0 Å². The second kappa shape index (κ2) is 8.19. The van der Waals surface area contributed by atoms with Gasteiger partial charge in [0.25, 0.3) is 0 Å². The van der Waals surface area contributed by atoms with Crippen LogP contribution in [0.4, 0.5) is 10.8 Å². The number of hydrogen-bond acceptors (Lipinski definition) is 8. The number of nitrogens with one attached hydrogen (secondary N) is 1. The van der Waals surface area contributed by atoms with Crippen LogP contribution in [0.3, 0.4) is 0 Å². The number of aromatic nitrogens is 2. The fourth-order valence-corrected chi connectivity index (χ4v) is 3.44. The first-order valence-corrected chi connectivity index (χ1v) is 9.60. The summed E-state index contributed by atoms with van der Waals surface area (Å²) in [6.45, 7) is -0.207. The number of carbonyl (C=O) groups is 1. The number of fused-ring (bicyclic) bond motifs is 1. The summed E-state index contributed by atoms with van der Waals surface area (Å²) in [6.07, 6.45) is 0. The quantitative estimate of drug-likeness (QED) is 0.465. The number of ether oxygens (including phenoxy) is 2. The number of nitrogens with zero attached hydrogens (tertiary/aromatic N) is 2. The van der Waals surface area contributed by atoms with Crippen LogP contribution in [0.2, 0.25) is 0 Å². The molecule has 0 saturated carbocycles. The van der Waals surface area contributed by atoms with Gasteiger partial charge in [0.1, 0.15) is 18.9 Å². The molecule has 4 rings (SSSR count). The van der Waals surface area contributed by atoms with Crippen LogP contribution in [0.1, 0.15) is 5.69 Å². The van der Waals surface area contributed by atoms with Crippen molar-refractivity contribution in [3.63, 3.8) is 0 Å². The van der Waals surface area contributed by atoms with Gasteiger partial charge in [-0.15, -0.1) is 11.3 Å². The molecular weight excluding hydrogens is 394 g/mol. The molecule has 0 amide bonds. The van der Waals surface area contributed by atoms with E-state index in [2.05, 4.69) is 10.3 Å². The number of anilines is 2. The van der Waals surface area contributed by atoms with E-state index in [-0.39, 0.29) is 13.2 Å². The molecule has 2 aromatic carbocycles. The number of benzene rings is 2. The number of rotatable bonds is 7. The lowest BCUT2D eigenvalue weighted by molar-refractivity contribution is -0.145. The van der Waals surface area contributed by atoms with Gasteiger partial charge in [-0.1, -0.05) is 12.1 Å². The second-order valence-corrected chi connectivity index (χ2v) is 6.94. The molecule has 0 fully saturated rings. The molecule has 2 heterocycles. The molecule has 0 unspecified atom stereocenters. The van der Waals surface area contributed by atoms with Crippen molar-refractivity contribution >= 4 is 39.2 Å². The second-order valence-electron chi connectivity index (χ2n) is 6.08. The third-order valence-corrected chi connectivity index (χ3v) is 4.94. The largest absolute Gasteiger partial charge is 0.497 e. The molecule has 4 aromatic rings. The van der Waals surface area contributed by atoms with Gasteiger partial charge in [-0.2, -0.15) is 0 Å². The van der Waals surface area contributed by atoms with E-state index in [1.54, 1.807) is 36.8 Å². The molecule has 0 saturated heterocycles. The van der Waals surface area contributed by atoms with Crippen LogP contribution in [0, 0.1) is 0 Å². The number of methoxy groups -OCH3 is 1. The van der Waals surface area contributed by atoms with Crippen LogP contribution in [0.5, 0.6) is 5.75 Å². The Morgan fingerprint density at radius 2 is 2.00 bits per heavy atom. The highest BCUT2D eigenvalue weighted by Gasteiger charge is 2.14. The first kappa shape index (κ1) is 18.8. The van der Waals surface area contributed by atoms with Gasteiger partial charge in [-0.3, -0.25) is 9.36 Å². The lowest BCUT2D eigenvalue weighted by Crippen LogP contribution is -2.21. The Labute approximate surface area is 169 Å². The lowest BCUT2D eigenvalue weighted by atomic mass is 10.3. The van der Waals surface area contributed by atoms with Crippen molar-refractivity contribution in [2.75, 3.05) is 12.4 Å². The number of thiazole rings is 1.